The first-order valence-electron chi connectivity index (χ1n) is 17.5. The van der Waals surface area contributed by atoms with E-state index in [1.165, 1.54) is 110 Å². The van der Waals surface area contributed by atoms with Gasteiger partial charge < -0.3 is 0 Å². The summed E-state index contributed by atoms with van der Waals surface area (Å²) in [5, 5.41) is 5.14. The first-order chi connectivity index (χ1) is 21.0. The second-order valence-electron chi connectivity index (χ2n) is 12.2. The smallest absolute Gasteiger partial charge is 0.0910 e. The molecule has 0 bridgehead atoms. The molecule has 0 atom stereocenters. The van der Waals surface area contributed by atoms with Crippen molar-refractivity contribution in [3.05, 3.63) is 94.2 Å². The van der Waals surface area contributed by atoms with Crippen molar-refractivity contribution in [3.8, 4) is 11.1 Å². The maximum atomic E-state index is 5.14. The van der Waals surface area contributed by atoms with E-state index >= 15 is 0 Å². The van der Waals surface area contributed by atoms with Gasteiger partial charge in [-0.2, -0.15) is 0 Å². The van der Waals surface area contributed by atoms with Crippen molar-refractivity contribution in [2.24, 2.45) is 5.11 Å². The lowest BCUT2D eigenvalue weighted by Gasteiger charge is -2.16. The summed E-state index contributed by atoms with van der Waals surface area (Å²) in [6.07, 6.45) is 22.1. The quantitative estimate of drug-likeness (QED) is 0.0762. The van der Waals surface area contributed by atoms with Crippen LogP contribution in [0.4, 0.5) is 5.69 Å². The molecular weight excluding hydrogens is 520 g/mol. The molecule has 0 radical (unpaired) electrons. The van der Waals surface area contributed by atoms with Crippen LogP contribution in [0.1, 0.15) is 132 Å². The Morgan fingerprint density at radius 1 is 0.651 bits per heavy atom. The summed E-state index contributed by atoms with van der Waals surface area (Å²) in [6.45, 7) is 14.5. The fraction of sp³-hybridized carbons (Fsp3) is 0.512. The summed E-state index contributed by atoms with van der Waals surface area (Å²) in [5.74, 6) is 0. The minimum atomic E-state index is 0.828. The number of aryl methyl sites for hydroxylation is 3. The zero-order chi connectivity index (χ0) is 30.9. The van der Waals surface area contributed by atoms with E-state index in [4.69, 9.17) is 5.11 Å². The number of rotatable bonds is 19. The topological polar surface area (TPSA) is 15.4 Å². The molecule has 0 fully saturated rings. The van der Waals surface area contributed by atoms with Crippen molar-refractivity contribution in [2.75, 3.05) is 6.54 Å². The summed E-state index contributed by atoms with van der Waals surface area (Å²) in [5.41, 5.74) is 12.4. The van der Waals surface area contributed by atoms with Crippen LogP contribution in [0.25, 0.3) is 17.2 Å². The summed E-state index contributed by atoms with van der Waals surface area (Å²) >= 11 is 0. The average Bonchev–Trinajstić information content (AvgIpc) is 3.04. The van der Waals surface area contributed by atoms with Gasteiger partial charge in [0.15, 0.2) is 12.7 Å². The Labute approximate surface area is 264 Å². The van der Waals surface area contributed by atoms with E-state index in [1.807, 2.05) is 0 Å². The molecule has 2 heteroatoms. The molecule has 0 saturated carbocycles. The molecule has 3 rings (SSSR count). The Bertz CT molecular complexity index is 1300. The molecule has 0 saturated heterocycles. The Balaban J connectivity index is 1.91. The van der Waals surface area contributed by atoms with Gasteiger partial charge in [0.05, 0.1) is 0 Å². The van der Waals surface area contributed by atoms with Crippen molar-refractivity contribution in [1.82, 2.24) is 0 Å². The zero-order valence-electron chi connectivity index (χ0n) is 28.4. The van der Waals surface area contributed by atoms with Crippen LogP contribution in [-0.2, 0) is 25.7 Å². The van der Waals surface area contributed by atoms with Gasteiger partial charge in [-0.1, -0.05) is 120 Å². The van der Waals surface area contributed by atoms with Gasteiger partial charge in [-0.3, -0.25) is 0 Å². The van der Waals surface area contributed by atoms with Crippen molar-refractivity contribution >= 4 is 11.8 Å². The van der Waals surface area contributed by atoms with E-state index in [9.17, 15) is 0 Å². The molecule has 0 N–H and O–H groups in total. The summed E-state index contributed by atoms with van der Waals surface area (Å²) in [7, 11) is 0. The van der Waals surface area contributed by atoms with E-state index in [2.05, 4.69) is 113 Å². The van der Waals surface area contributed by atoms with Crippen LogP contribution < -0.4 is 0 Å². The van der Waals surface area contributed by atoms with Crippen LogP contribution in [0.5, 0.6) is 0 Å². The molecule has 0 aliphatic heterocycles. The Hall–Kier alpha value is -3.00. The van der Waals surface area contributed by atoms with Crippen LogP contribution in [-0.4, -0.2) is 11.2 Å². The van der Waals surface area contributed by atoms with Gasteiger partial charge in [0.25, 0.3) is 0 Å². The number of benzene rings is 3. The highest BCUT2D eigenvalue weighted by Gasteiger charge is 2.13. The fourth-order valence-electron chi connectivity index (χ4n) is 6.12. The van der Waals surface area contributed by atoms with Crippen molar-refractivity contribution in [3.63, 3.8) is 0 Å². The van der Waals surface area contributed by atoms with Crippen LogP contribution in [0.2, 0.25) is 0 Å². The molecule has 0 unspecified atom stereocenters. The van der Waals surface area contributed by atoms with Crippen molar-refractivity contribution in [2.45, 2.75) is 131 Å². The largest absolute Gasteiger partial charge is 0.196 e. The highest BCUT2D eigenvalue weighted by Crippen LogP contribution is 2.32. The molecule has 0 heterocycles. The number of hydrogen-bond acceptors (Lipinski definition) is 1. The van der Waals surface area contributed by atoms with E-state index in [0.29, 0.717) is 0 Å². The van der Waals surface area contributed by atoms with E-state index in [0.717, 1.165) is 25.1 Å². The average molecular weight is 580 g/mol. The fourth-order valence-corrected chi connectivity index (χ4v) is 6.12. The molecule has 0 spiro atoms. The number of azo groups is 2. The molecular formula is C41H59N2+. The number of nitrogens with zero attached hydrogens (tertiary/aromatic N) is 2. The first kappa shape index (κ1) is 34.5. The van der Waals surface area contributed by atoms with Gasteiger partial charge in [-0.15, -0.1) is 0 Å². The Morgan fingerprint density at radius 3 is 1.98 bits per heavy atom. The number of unbranched alkanes of at least 4 members (excludes halogenated alkanes) is 7. The molecule has 0 amide bonds. The Kier molecular flexibility index (Phi) is 15.5. The van der Waals surface area contributed by atoms with Gasteiger partial charge >= 0.3 is 0 Å². The molecule has 3 aromatic rings. The second-order valence-corrected chi connectivity index (χ2v) is 12.2. The summed E-state index contributed by atoms with van der Waals surface area (Å²) < 4.78 is 2.10. The lowest BCUT2D eigenvalue weighted by atomic mass is 9.89. The number of hydrogen-bond donors (Lipinski definition) is 0. The van der Waals surface area contributed by atoms with Crippen LogP contribution >= 0.6 is 0 Å². The molecule has 2 nitrogen and oxygen atoms in total. The van der Waals surface area contributed by atoms with Crippen LogP contribution in [0.15, 0.2) is 65.9 Å². The highest BCUT2D eigenvalue weighted by molar-refractivity contribution is 5.72. The first-order valence-corrected chi connectivity index (χ1v) is 17.5. The molecule has 3 aromatic carbocycles. The lowest BCUT2D eigenvalue weighted by molar-refractivity contribution is -0.519. The van der Waals surface area contributed by atoms with Gasteiger partial charge in [0, 0.05) is 6.08 Å². The van der Waals surface area contributed by atoms with Crippen molar-refractivity contribution in [1.29, 1.82) is 0 Å². The summed E-state index contributed by atoms with van der Waals surface area (Å²) in [6, 6.07) is 20.3. The SMILES string of the molecule is CCCCCCCCc1c(CC)cc(C=C[N+](CC)=Nc2cc(CCCC)c(C)c(-c3ccccc3)c2)cc1CCCC. The minimum absolute atomic E-state index is 0.828. The third-order valence-electron chi connectivity index (χ3n) is 8.81. The van der Waals surface area contributed by atoms with Gasteiger partial charge in [-0.05, 0) is 121 Å². The third-order valence-corrected chi connectivity index (χ3v) is 8.81. The van der Waals surface area contributed by atoms with Crippen LogP contribution in [0.3, 0.4) is 0 Å². The lowest BCUT2D eigenvalue weighted by Crippen LogP contribution is -2.03. The molecule has 0 aliphatic rings. The van der Waals surface area contributed by atoms with Crippen LogP contribution in [0, 0.1) is 6.92 Å². The summed E-state index contributed by atoms with van der Waals surface area (Å²) in [4.78, 5) is 0. The van der Waals surface area contributed by atoms with Gasteiger partial charge in [0.2, 0.25) is 0 Å². The minimum Gasteiger partial charge on any atom is -0.0910 e. The standard InChI is InChI=1S/C41H59N2/c1-7-12-15-16-17-21-26-40-35(10-4)29-34(30-38(40)23-14-9-3)27-28-43(11-5)42-39-31-37(22-13-8-2)33(6)41(32-39)36-24-19-18-20-25-36/h18-20,24-25,27-32H,7-17,21-23,26H2,1-6H3/q+1. The predicted octanol–water partition coefficient (Wildman–Crippen LogP) is 12.6. The maximum absolute atomic E-state index is 5.14. The predicted molar refractivity (Wildman–Crippen MR) is 189 cm³/mol. The van der Waals surface area contributed by atoms with Gasteiger partial charge in [-0.25, -0.2) is 0 Å². The molecule has 232 valence electrons. The van der Waals surface area contributed by atoms with E-state index < -0.39 is 0 Å². The van der Waals surface area contributed by atoms with E-state index in [-0.39, 0.29) is 0 Å². The molecule has 0 aliphatic carbocycles. The van der Waals surface area contributed by atoms with E-state index in [1.54, 1.807) is 11.1 Å². The Morgan fingerprint density at radius 2 is 1.30 bits per heavy atom. The highest BCUT2D eigenvalue weighted by atomic mass is 15.2. The monoisotopic (exact) mass is 579 g/mol. The van der Waals surface area contributed by atoms with Gasteiger partial charge in [0.1, 0.15) is 5.69 Å². The normalized spacial score (nSPS) is 12.0. The molecule has 0 aromatic heterocycles. The molecule has 43 heavy (non-hydrogen) atoms. The van der Waals surface area contributed by atoms with Crippen molar-refractivity contribution < 1.29 is 4.70 Å². The third kappa shape index (κ3) is 10.9. The maximum Gasteiger partial charge on any atom is 0.196 e. The second kappa shape index (κ2) is 19.3. The zero-order valence-corrected chi connectivity index (χ0v) is 28.4.